The minimum Gasteiger partial charge on any atom is -0.342 e. The van der Waals surface area contributed by atoms with Gasteiger partial charge in [-0.05, 0) is 37.5 Å². The van der Waals surface area contributed by atoms with Crippen LogP contribution in [-0.4, -0.2) is 34.7 Å². The Labute approximate surface area is 193 Å². The van der Waals surface area contributed by atoms with Crippen molar-refractivity contribution >= 4 is 48.3 Å². The average Bonchev–Trinajstić information content (AvgIpc) is 3.20. The van der Waals surface area contributed by atoms with Gasteiger partial charge in [0, 0.05) is 16.5 Å². The Bertz CT molecular complexity index is 956. The lowest BCUT2D eigenvalue weighted by atomic mass is 10.1. The van der Waals surface area contributed by atoms with Crippen LogP contribution in [0.5, 0.6) is 0 Å². The topological polar surface area (TPSA) is 59.1 Å². The molecule has 1 aromatic heterocycles. The Morgan fingerprint density at radius 1 is 1.10 bits per heavy atom. The highest BCUT2D eigenvalue weighted by Gasteiger charge is 2.22. The summed E-state index contributed by atoms with van der Waals surface area (Å²) in [5.41, 5.74) is 3.57. The largest absolute Gasteiger partial charge is 0.342 e. The molecule has 2 aromatic carbocycles. The van der Waals surface area contributed by atoms with Gasteiger partial charge >= 0.3 is 0 Å². The summed E-state index contributed by atoms with van der Waals surface area (Å²) < 4.78 is 0. The molecular formula is C23H26N2O2S3. The van der Waals surface area contributed by atoms with E-state index < -0.39 is 6.04 Å². The molecule has 30 heavy (non-hydrogen) atoms. The second-order valence-corrected chi connectivity index (χ2v) is 8.74. The predicted molar refractivity (Wildman–Crippen MR) is 132 cm³/mol. The summed E-state index contributed by atoms with van der Waals surface area (Å²) in [6.07, 6.45) is 2.83. The van der Waals surface area contributed by atoms with E-state index in [0.717, 1.165) is 27.6 Å². The molecule has 0 unspecified atom stereocenters. The number of aryl methyl sites for hydroxylation is 1. The van der Waals surface area contributed by atoms with Crippen molar-refractivity contribution in [3.63, 3.8) is 0 Å². The van der Waals surface area contributed by atoms with E-state index in [4.69, 9.17) is 0 Å². The van der Waals surface area contributed by atoms with Crippen LogP contribution in [0.15, 0.2) is 60.0 Å². The molecule has 0 aliphatic carbocycles. The first-order valence-electron chi connectivity index (χ1n) is 9.46. The first-order chi connectivity index (χ1) is 14.1. The van der Waals surface area contributed by atoms with Crippen molar-refractivity contribution in [1.29, 1.82) is 0 Å². The van der Waals surface area contributed by atoms with Crippen molar-refractivity contribution in [1.82, 2.24) is 10.3 Å². The van der Waals surface area contributed by atoms with Gasteiger partial charge in [0.25, 0.3) is 5.91 Å². The number of carbonyl (C=O) groups is 2. The Morgan fingerprint density at radius 3 is 2.47 bits per heavy atom. The quantitative estimate of drug-likeness (QED) is 0.496. The van der Waals surface area contributed by atoms with Crippen LogP contribution in [0.25, 0.3) is 11.3 Å². The van der Waals surface area contributed by atoms with E-state index in [9.17, 15) is 9.59 Å². The third-order valence-corrected chi connectivity index (χ3v) is 6.06. The number of hydrogen-bond acceptors (Lipinski definition) is 5. The molecule has 3 aromatic rings. The molecule has 0 saturated carbocycles. The standard InChI is InChI=1S/C23H24N2O2S2.H2S/c1-16-8-10-18(11-9-16)23(27)25-19(12-13-28-2)21(26)14-22-24-20(15-29-22)17-6-4-3-5-7-17;/h3-11,15,19H,12-14H2,1-2H3,(H,25,27);1H2/t19-;/m0./s1. The number of Topliss-reactive ketones (excluding diaryl/α,β-unsaturated/α-hetero) is 1. The minimum absolute atomic E-state index is 0. The molecular weight excluding hydrogens is 432 g/mol. The zero-order valence-corrected chi connectivity index (χ0v) is 19.7. The average molecular weight is 459 g/mol. The van der Waals surface area contributed by atoms with E-state index in [1.807, 2.05) is 61.0 Å². The van der Waals surface area contributed by atoms with E-state index in [2.05, 4.69) is 10.3 Å². The number of aromatic nitrogens is 1. The van der Waals surface area contributed by atoms with Gasteiger partial charge in [0.05, 0.1) is 18.2 Å². The minimum atomic E-state index is -0.514. The van der Waals surface area contributed by atoms with Gasteiger partial charge in [-0.25, -0.2) is 4.98 Å². The predicted octanol–water partition coefficient (Wildman–Crippen LogP) is 4.89. The number of thioether (sulfide) groups is 1. The third kappa shape index (κ3) is 6.72. The van der Waals surface area contributed by atoms with E-state index in [1.165, 1.54) is 11.3 Å². The molecule has 0 fully saturated rings. The Hall–Kier alpha value is -2.09. The molecule has 4 nitrogen and oxygen atoms in total. The van der Waals surface area contributed by atoms with Crippen molar-refractivity contribution < 1.29 is 9.59 Å². The second kappa shape index (κ2) is 11.9. The number of hydrogen-bond donors (Lipinski definition) is 1. The number of benzene rings is 2. The highest BCUT2D eigenvalue weighted by molar-refractivity contribution is 7.98. The lowest BCUT2D eigenvalue weighted by Gasteiger charge is -2.17. The molecule has 1 atom stereocenters. The van der Waals surface area contributed by atoms with Crippen LogP contribution < -0.4 is 5.32 Å². The Kier molecular flexibility index (Phi) is 9.62. The molecule has 0 aliphatic heterocycles. The lowest BCUT2D eigenvalue weighted by Crippen LogP contribution is -2.42. The summed E-state index contributed by atoms with van der Waals surface area (Å²) in [6.45, 7) is 1.98. The Balaban J connectivity index is 0.00000320. The van der Waals surface area contributed by atoms with Gasteiger partial charge in [-0.1, -0.05) is 48.0 Å². The molecule has 0 bridgehead atoms. The highest BCUT2D eigenvalue weighted by Crippen LogP contribution is 2.22. The lowest BCUT2D eigenvalue weighted by molar-refractivity contribution is -0.120. The number of ketones is 1. The smallest absolute Gasteiger partial charge is 0.251 e. The summed E-state index contributed by atoms with van der Waals surface area (Å²) in [6, 6.07) is 16.8. The van der Waals surface area contributed by atoms with Crippen LogP contribution >= 0.6 is 36.6 Å². The number of amides is 1. The van der Waals surface area contributed by atoms with E-state index in [1.54, 1.807) is 23.9 Å². The molecule has 0 aliphatic rings. The van der Waals surface area contributed by atoms with E-state index in [-0.39, 0.29) is 31.6 Å². The van der Waals surface area contributed by atoms with Crippen LogP contribution in [0.1, 0.15) is 27.3 Å². The molecule has 0 spiro atoms. The number of nitrogens with zero attached hydrogens (tertiary/aromatic N) is 1. The second-order valence-electron chi connectivity index (χ2n) is 6.81. The summed E-state index contributed by atoms with van der Waals surface area (Å²) >= 11 is 3.14. The van der Waals surface area contributed by atoms with Crippen LogP contribution in [0, 0.1) is 6.92 Å². The fourth-order valence-corrected chi connectivity index (χ4v) is 4.19. The summed E-state index contributed by atoms with van der Waals surface area (Å²) in [4.78, 5) is 30.1. The van der Waals surface area contributed by atoms with Gasteiger partial charge in [0.1, 0.15) is 5.01 Å². The van der Waals surface area contributed by atoms with Gasteiger partial charge < -0.3 is 5.32 Å². The van der Waals surface area contributed by atoms with Crippen molar-refractivity contribution in [2.75, 3.05) is 12.0 Å². The van der Waals surface area contributed by atoms with Crippen molar-refractivity contribution in [3.05, 3.63) is 76.1 Å². The number of nitrogens with one attached hydrogen (secondary N) is 1. The summed E-state index contributed by atoms with van der Waals surface area (Å²) in [7, 11) is 0. The van der Waals surface area contributed by atoms with Gasteiger partial charge in [-0.15, -0.1) is 11.3 Å². The normalized spacial score (nSPS) is 11.4. The van der Waals surface area contributed by atoms with Crippen LogP contribution in [-0.2, 0) is 11.2 Å². The summed E-state index contributed by atoms with van der Waals surface area (Å²) in [5, 5.41) is 5.66. The molecule has 3 rings (SSSR count). The van der Waals surface area contributed by atoms with Crippen molar-refractivity contribution in [3.8, 4) is 11.3 Å². The zero-order valence-electron chi connectivity index (χ0n) is 17.1. The number of rotatable bonds is 9. The van der Waals surface area contributed by atoms with Crippen LogP contribution in [0.4, 0.5) is 0 Å². The van der Waals surface area contributed by atoms with Crippen LogP contribution in [0.3, 0.4) is 0 Å². The summed E-state index contributed by atoms with van der Waals surface area (Å²) in [5.74, 6) is 0.583. The molecule has 0 saturated heterocycles. The number of carbonyl (C=O) groups excluding carboxylic acids is 2. The fraction of sp³-hybridized carbons (Fsp3) is 0.261. The Morgan fingerprint density at radius 2 is 1.80 bits per heavy atom. The maximum Gasteiger partial charge on any atom is 0.251 e. The molecule has 1 N–H and O–H groups in total. The SMILES string of the molecule is CSCC[C@H](NC(=O)c1ccc(C)cc1)C(=O)Cc1nc(-c2ccccc2)cs1.S. The van der Waals surface area contributed by atoms with E-state index >= 15 is 0 Å². The molecule has 7 heteroatoms. The first kappa shape index (κ1) is 24.2. The van der Waals surface area contributed by atoms with Gasteiger partial charge in [-0.3, -0.25) is 9.59 Å². The van der Waals surface area contributed by atoms with Gasteiger partial charge in [0.15, 0.2) is 5.78 Å². The molecule has 1 amide bonds. The van der Waals surface area contributed by atoms with Gasteiger partial charge in [0.2, 0.25) is 0 Å². The van der Waals surface area contributed by atoms with E-state index in [0.29, 0.717) is 12.0 Å². The van der Waals surface area contributed by atoms with Crippen LogP contribution in [0.2, 0.25) is 0 Å². The fourth-order valence-electron chi connectivity index (χ4n) is 2.90. The van der Waals surface area contributed by atoms with Gasteiger partial charge in [-0.2, -0.15) is 25.3 Å². The molecule has 1 heterocycles. The highest BCUT2D eigenvalue weighted by atomic mass is 32.2. The molecule has 158 valence electrons. The first-order valence-corrected chi connectivity index (χ1v) is 11.7. The third-order valence-electron chi connectivity index (χ3n) is 4.57. The maximum atomic E-state index is 12.9. The number of thiazole rings is 1. The van der Waals surface area contributed by atoms with Crippen molar-refractivity contribution in [2.24, 2.45) is 0 Å². The van der Waals surface area contributed by atoms with Crippen molar-refractivity contribution in [2.45, 2.75) is 25.8 Å². The zero-order chi connectivity index (χ0) is 20.6. The monoisotopic (exact) mass is 458 g/mol. The molecule has 0 radical (unpaired) electrons. The maximum absolute atomic E-state index is 12.9.